The number of rotatable bonds is 7. The first kappa shape index (κ1) is 19.4. The number of ether oxygens (including phenoxy) is 2. The summed E-state index contributed by atoms with van der Waals surface area (Å²) in [6, 6.07) is 12.7. The molecule has 1 aliphatic heterocycles. The number of aromatic nitrogens is 2. The number of aromatic amines is 1. The first-order valence-corrected chi connectivity index (χ1v) is 10.5. The van der Waals surface area contributed by atoms with Gasteiger partial charge in [-0.25, -0.2) is 12.7 Å². The lowest BCUT2D eigenvalue weighted by molar-refractivity contribution is 0.174. The highest BCUT2D eigenvalue weighted by molar-refractivity contribution is 7.89. The minimum Gasteiger partial charge on any atom is -0.454 e. The van der Waals surface area contributed by atoms with Crippen molar-refractivity contribution in [3.8, 4) is 22.8 Å². The Morgan fingerprint density at radius 3 is 2.66 bits per heavy atom. The van der Waals surface area contributed by atoms with E-state index in [0.717, 1.165) is 22.6 Å². The maximum absolute atomic E-state index is 12.5. The minimum atomic E-state index is -3.50. The van der Waals surface area contributed by atoms with E-state index in [4.69, 9.17) is 9.47 Å². The molecular formula is C20H22N4O4S. The fourth-order valence-corrected chi connectivity index (χ4v) is 4.29. The molecule has 0 saturated carbocycles. The molecule has 9 heteroatoms. The number of H-pyrrole nitrogens is 1. The molecule has 8 nitrogen and oxygen atoms in total. The number of nitrogens with one attached hydrogen (secondary N) is 2. The summed E-state index contributed by atoms with van der Waals surface area (Å²) >= 11 is 0. The number of fused-ring (bicyclic) bond motifs is 1. The summed E-state index contributed by atoms with van der Waals surface area (Å²) in [6.45, 7) is 1.16. The van der Waals surface area contributed by atoms with Crippen molar-refractivity contribution >= 4 is 10.0 Å². The molecule has 1 aliphatic rings. The molecule has 0 saturated heterocycles. The quantitative estimate of drug-likeness (QED) is 0.616. The molecule has 152 valence electrons. The standard InChI is InChI=1S/C20H22N4O4S/c1-24(2)29(25,26)19-6-4-3-5-15(19)10-21-11-16-12-22-23-20(16)14-7-8-17-18(9-14)28-13-27-17/h3-9,12,21H,10-11,13H2,1-2H3,(H,22,23). The van der Waals surface area contributed by atoms with Crippen molar-refractivity contribution in [3.63, 3.8) is 0 Å². The SMILES string of the molecule is CN(C)S(=O)(=O)c1ccccc1CNCc1cn[nH]c1-c1ccc2c(c1)OCO2. The van der Waals surface area contributed by atoms with Crippen LogP contribution in [0.5, 0.6) is 11.5 Å². The van der Waals surface area contributed by atoms with Crippen molar-refractivity contribution in [2.45, 2.75) is 18.0 Å². The van der Waals surface area contributed by atoms with Gasteiger partial charge in [0.2, 0.25) is 16.8 Å². The van der Waals surface area contributed by atoms with E-state index in [9.17, 15) is 8.42 Å². The predicted octanol–water partition coefficient (Wildman–Crippen LogP) is 2.35. The van der Waals surface area contributed by atoms with Crippen LogP contribution >= 0.6 is 0 Å². The average molecular weight is 414 g/mol. The molecule has 0 fully saturated rings. The number of benzene rings is 2. The van der Waals surface area contributed by atoms with E-state index in [1.165, 1.54) is 18.4 Å². The van der Waals surface area contributed by atoms with Gasteiger partial charge in [0.1, 0.15) is 0 Å². The Kier molecular flexibility index (Phi) is 5.27. The molecule has 2 N–H and O–H groups in total. The molecule has 0 amide bonds. The van der Waals surface area contributed by atoms with Crippen LogP contribution in [0.1, 0.15) is 11.1 Å². The van der Waals surface area contributed by atoms with Gasteiger partial charge in [-0.15, -0.1) is 0 Å². The predicted molar refractivity (Wildman–Crippen MR) is 108 cm³/mol. The minimum absolute atomic E-state index is 0.228. The smallest absolute Gasteiger partial charge is 0.242 e. The Bertz CT molecular complexity index is 1130. The van der Waals surface area contributed by atoms with Crippen LogP contribution in [0.3, 0.4) is 0 Å². The van der Waals surface area contributed by atoms with Crippen molar-refractivity contribution < 1.29 is 17.9 Å². The third kappa shape index (κ3) is 3.84. The van der Waals surface area contributed by atoms with Gasteiger partial charge in [0.15, 0.2) is 11.5 Å². The van der Waals surface area contributed by atoms with Crippen LogP contribution in [-0.2, 0) is 23.1 Å². The van der Waals surface area contributed by atoms with Gasteiger partial charge in [0.25, 0.3) is 0 Å². The fourth-order valence-electron chi connectivity index (χ4n) is 3.18. The molecule has 2 aromatic carbocycles. The molecule has 0 unspecified atom stereocenters. The highest BCUT2D eigenvalue weighted by atomic mass is 32.2. The van der Waals surface area contributed by atoms with Crippen LogP contribution in [0.4, 0.5) is 0 Å². The van der Waals surface area contributed by atoms with E-state index >= 15 is 0 Å². The first-order valence-electron chi connectivity index (χ1n) is 9.10. The lowest BCUT2D eigenvalue weighted by atomic mass is 10.1. The zero-order chi connectivity index (χ0) is 20.4. The van der Waals surface area contributed by atoms with Crippen molar-refractivity contribution in [2.75, 3.05) is 20.9 Å². The molecule has 0 spiro atoms. The summed E-state index contributed by atoms with van der Waals surface area (Å²) in [5.41, 5.74) is 3.51. The van der Waals surface area contributed by atoms with E-state index in [2.05, 4.69) is 15.5 Å². The number of hydrogen-bond donors (Lipinski definition) is 2. The largest absolute Gasteiger partial charge is 0.454 e. The summed E-state index contributed by atoms with van der Waals surface area (Å²) in [5.74, 6) is 1.44. The van der Waals surface area contributed by atoms with Gasteiger partial charge in [-0.2, -0.15) is 5.10 Å². The van der Waals surface area contributed by atoms with E-state index in [1.807, 2.05) is 30.3 Å². The summed E-state index contributed by atoms with van der Waals surface area (Å²) in [6.07, 6.45) is 1.76. The normalized spacial score (nSPS) is 13.2. The van der Waals surface area contributed by atoms with Gasteiger partial charge >= 0.3 is 0 Å². The Balaban J connectivity index is 1.49. The van der Waals surface area contributed by atoms with Gasteiger partial charge in [-0.05, 0) is 29.8 Å². The number of sulfonamides is 1. The fraction of sp³-hybridized carbons (Fsp3) is 0.250. The van der Waals surface area contributed by atoms with E-state index < -0.39 is 10.0 Å². The molecule has 0 radical (unpaired) electrons. The van der Waals surface area contributed by atoms with Crippen molar-refractivity contribution in [1.82, 2.24) is 19.8 Å². The summed E-state index contributed by atoms with van der Waals surface area (Å²) in [4.78, 5) is 0.306. The zero-order valence-electron chi connectivity index (χ0n) is 16.2. The van der Waals surface area contributed by atoms with Crippen LogP contribution in [-0.4, -0.2) is 43.8 Å². The number of nitrogens with zero attached hydrogens (tertiary/aromatic N) is 2. The Morgan fingerprint density at radius 2 is 1.83 bits per heavy atom. The lowest BCUT2D eigenvalue weighted by Crippen LogP contribution is -2.24. The molecule has 1 aromatic heterocycles. The van der Waals surface area contributed by atoms with Crippen LogP contribution in [0, 0.1) is 0 Å². The molecule has 0 atom stereocenters. The summed E-state index contributed by atoms with van der Waals surface area (Å²) < 4.78 is 37.1. The third-order valence-corrected chi connectivity index (χ3v) is 6.66. The summed E-state index contributed by atoms with van der Waals surface area (Å²) in [7, 11) is -0.439. The molecule has 3 aromatic rings. The molecule has 2 heterocycles. The van der Waals surface area contributed by atoms with Gasteiger partial charge in [0, 0.05) is 38.3 Å². The van der Waals surface area contributed by atoms with Gasteiger partial charge < -0.3 is 14.8 Å². The highest BCUT2D eigenvalue weighted by Gasteiger charge is 2.20. The van der Waals surface area contributed by atoms with Crippen LogP contribution < -0.4 is 14.8 Å². The Morgan fingerprint density at radius 1 is 1.07 bits per heavy atom. The van der Waals surface area contributed by atoms with Crippen molar-refractivity contribution in [3.05, 3.63) is 59.8 Å². The third-order valence-electron chi connectivity index (χ3n) is 4.74. The van der Waals surface area contributed by atoms with Crippen molar-refractivity contribution in [1.29, 1.82) is 0 Å². The maximum Gasteiger partial charge on any atom is 0.242 e. The van der Waals surface area contributed by atoms with Crippen LogP contribution in [0.25, 0.3) is 11.3 Å². The maximum atomic E-state index is 12.5. The monoisotopic (exact) mass is 414 g/mol. The highest BCUT2D eigenvalue weighted by Crippen LogP contribution is 2.36. The summed E-state index contributed by atoms with van der Waals surface area (Å²) in [5, 5.41) is 10.5. The average Bonchev–Trinajstić information content (AvgIpc) is 3.36. The van der Waals surface area contributed by atoms with Crippen LogP contribution in [0.15, 0.2) is 53.6 Å². The van der Waals surface area contributed by atoms with E-state index in [-0.39, 0.29) is 6.79 Å². The lowest BCUT2D eigenvalue weighted by Gasteiger charge is -2.15. The van der Waals surface area contributed by atoms with E-state index in [0.29, 0.717) is 29.3 Å². The first-order chi connectivity index (χ1) is 14.0. The van der Waals surface area contributed by atoms with Crippen LogP contribution in [0.2, 0.25) is 0 Å². The number of hydrogen-bond acceptors (Lipinski definition) is 6. The molecule has 29 heavy (non-hydrogen) atoms. The molecule has 4 rings (SSSR count). The Labute approximate surface area is 169 Å². The second-order valence-electron chi connectivity index (χ2n) is 6.84. The second kappa shape index (κ2) is 7.86. The van der Waals surface area contributed by atoms with Crippen molar-refractivity contribution in [2.24, 2.45) is 0 Å². The molecule has 0 aliphatic carbocycles. The zero-order valence-corrected chi connectivity index (χ0v) is 17.0. The van der Waals surface area contributed by atoms with Gasteiger partial charge in [0.05, 0.1) is 16.8 Å². The Hall–Kier alpha value is -2.88. The van der Waals surface area contributed by atoms with E-state index in [1.54, 1.807) is 18.3 Å². The molecular weight excluding hydrogens is 392 g/mol. The van der Waals surface area contributed by atoms with Gasteiger partial charge in [-0.1, -0.05) is 18.2 Å². The van der Waals surface area contributed by atoms with Gasteiger partial charge in [-0.3, -0.25) is 5.10 Å². The topological polar surface area (TPSA) is 96.6 Å². The second-order valence-corrected chi connectivity index (χ2v) is 8.96. The molecule has 0 bridgehead atoms.